The Morgan fingerprint density at radius 3 is 2.62 bits per heavy atom. The molecule has 0 saturated carbocycles. The molecule has 1 heterocycles. The van der Waals surface area contributed by atoms with E-state index in [-0.39, 0.29) is 12.1 Å². The van der Waals surface area contributed by atoms with Crippen molar-refractivity contribution < 1.29 is 9.84 Å². The van der Waals surface area contributed by atoms with Gasteiger partial charge in [0.2, 0.25) is 0 Å². The predicted octanol–water partition coefficient (Wildman–Crippen LogP) is 0.410. The molecule has 4 nitrogen and oxygen atoms in total. The third-order valence-electron chi connectivity index (χ3n) is 3.22. The van der Waals surface area contributed by atoms with Crippen molar-refractivity contribution in [2.45, 2.75) is 31.9 Å². The topological polar surface area (TPSA) is 35.9 Å². The van der Waals surface area contributed by atoms with Crippen LogP contribution in [0.3, 0.4) is 0 Å². The highest BCUT2D eigenvalue weighted by atomic mass is 16.5. The van der Waals surface area contributed by atoms with E-state index in [1.807, 2.05) is 0 Å². The number of ether oxygens (including phenoxy) is 1. The maximum atomic E-state index is 9.95. The van der Waals surface area contributed by atoms with Crippen LogP contribution in [-0.4, -0.2) is 74.0 Å². The van der Waals surface area contributed by atoms with Crippen LogP contribution in [-0.2, 0) is 4.74 Å². The molecule has 0 radical (unpaired) electrons. The third kappa shape index (κ3) is 4.37. The zero-order valence-corrected chi connectivity index (χ0v) is 10.9. The van der Waals surface area contributed by atoms with E-state index < -0.39 is 0 Å². The van der Waals surface area contributed by atoms with Gasteiger partial charge in [-0.2, -0.15) is 0 Å². The molecule has 0 bridgehead atoms. The van der Waals surface area contributed by atoms with Crippen LogP contribution < -0.4 is 0 Å². The van der Waals surface area contributed by atoms with E-state index in [2.05, 4.69) is 30.8 Å². The first-order valence-corrected chi connectivity index (χ1v) is 6.29. The van der Waals surface area contributed by atoms with E-state index in [0.717, 1.165) is 32.5 Å². The third-order valence-corrected chi connectivity index (χ3v) is 3.22. The van der Waals surface area contributed by atoms with E-state index in [1.54, 1.807) is 0 Å². The monoisotopic (exact) mass is 230 g/mol. The molecule has 0 amide bonds. The Hall–Kier alpha value is -0.160. The number of nitrogens with zero attached hydrogens (tertiary/aromatic N) is 2. The molecule has 16 heavy (non-hydrogen) atoms. The highest BCUT2D eigenvalue weighted by Gasteiger charge is 2.28. The number of aliphatic hydroxyl groups excluding tert-OH is 1. The lowest BCUT2D eigenvalue weighted by Gasteiger charge is -2.37. The molecule has 1 rings (SSSR count). The number of likely N-dealkylation sites (N-methyl/N-ethyl adjacent to an activating group) is 1. The van der Waals surface area contributed by atoms with Crippen molar-refractivity contribution in [1.29, 1.82) is 0 Å². The summed E-state index contributed by atoms with van der Waals surface area (Å²) in [4.78, 5) is 4.54. The van der Waals surface area contributed by atoms with Crippen LogP contribution in [0.1, 0.15) is 19.8 Å². The van der Waals surface area contributed by atoms with Crippen molar-refractivity contribution in [3.63, 3.8) is 0 Å². The number of aliphatic hydroxyl groups is 1. The predicted molar refractivity (Wildman–Crippen MR) is 65.6 cm³/mol. The van der Waals surface area contributed by atoms with Gasteiger partial charge in [-0.1, -0.05) is 6.92 Å². The molecule has 1 fully saturated rings. The maximum absolute atomic E-state index is 9.95. The normalized spacial score (nSPS) is 26.6. The molecule has 0 aromatic carbocycles. The van der Waals surface area contributed by atoms with Crippen molar-refractivity contribution in [2.75, 3.05) is 46.9 Å². The van der Waals surface area contributed by atoms with Gasteiger partial charge in [0.1, 0.15) is 0 Å². The number of rotatable bonds is 6. The molecule has 0 aliphatic carbocycles. The van der Waals surface area contributed by atoms with Gasteiger partial charge in [-0.3, -0.25) is 4.90 Å². The SMILES string of the molecule is CCN(CCCN(C)C)C1COCCC1O. The summed E-state index contributed by atoms with van der Waals surface area (Å²) in [7, 11) is 4.18. The van der Waals surface area contributed by atoms with Gasteiger partial charge >= 0.3 is 0 Å². The first-order chi connectivity index (χ1) is 7.65. The first kappa shape index (κ1) is 13.9. The molecule has 2 atom stereocenters. The summed E-state index contributed by atoms with van der Waals surface area (Å²) >= 11 is 0. The Kier molecular flexibility index (Phi) is 6.28. The zero-order chi connectivity index (χ0) is 12.0. The Bertz CT molecular complexity index is 188. The van der Waals surface area contributed by atoms with Crippen LogP contribution in [0.2, 0.25) is 0 Å². The molecule has 96 valence electrons. The summed E-state index contributed by atoms with van der Waals surface area (Å²) in [5, 5.41) is 9.95. The minimum atomic E-state index is -0.215. The van der Waals surface area contributed by atoms with Gasteiger partial charge in [0.25, 0.3) is 0 Å². The molecule has 1 N–H and O–H groups in total. The molecule has 1 saturated heterocycles. The fourth-order valence-electron chi connectivity index (χ4n) is 2.21. The van der Waals surface area contributed by atoms with Gasteiger partial charge in [0.15, 0.2) is 0 Å². The lowest BCUT2D eigenvalue weighted by Crippen LogP contribution is -2.50. The minimum Gasteiger partial charge on any atom is -0.391 e. The molecule has 1 aliphatic rings. The lowest BCUT2D eigenvalue weighted by atomic mass is 10.0. The van der Waals surface area contributed by atoms with Crippen LogP contribution in [0.5, 0.6) is 0 Å². The quantitative estimate of drug-likeness (QED) is 0.717. The van der Waals surface area contributed by atoms with Gasteiger partial charge < -0.3 is 14.7 Å². The van der Waals surface area contributed by atoms with Gasteiger partial charge in [-0.15, -0.1) is 0 Å². The van der Waals surface area contributed by atoms with Crippen LogP contribution in [0, 0.1) is 0 Å². The Labute approximate surface area is 99.2 Å². The van der Waals surface area contributed by atoms with Crippen molar-refractivity contribution >= 4 is 0 Å². The molecular formula is C12H26N2O2. The average molecular weight is 230 g/mol. The van der Waals surface area contributed by atoms with Gasteiger partial charge in [-0.25, -0.2) is 0 Å². The van der Waals surface area contributed by atoms with E-state index in [0.29, 0.717) is 13.2 Å². The van der Waals surface area contributed by atoms with Gasteiger partial charge in [-0.05, 0) is 46.6 Å². The van der Waals surface area contributed by atoms with Crippen molar-refractivity contribution in [3.8, 4) is 0 Å². The van der Waals surface area contributed by atoms with Crippen LogP contribution in [0.25, 0.3) is 0 Å². The summed E-state index contributed by atoms with van der Waals surface area (Å²) in [5.74, 6) is 0. The second-order valence-electron chi connectivity index (χ2n) is 4.78. The van der Waals surface area contributed by atoms with E-state index >= 15 is 0 Å². The van der Waals surface area contributed by atoms with Crippen molar-refractivity contribution in [1.82, 2.24) is 9.80 Å². The molecule has 4 heteroatoms. The first-order valence-electron chi connectivity index (χ1n) is 6.29. The fourth-order valence-corrected chi connectivity index (χ4v) is 2.21. The summed E-state index contributed by atoms with van der Waals surface area (Å²) < 4.78 is 5.45. The smallest absolute Gasteiger partial charge is 0.0739 e. The van der Waals surface area contributed by atoms with E-state index in [4.69, 9.17) is 4.74 Å². The van der Waals surface area contributed by atoms with Gasteiger partial charge in [0.05, 0.1) is 18.8 Å². The van der Waals surface area contributed by atoms with Gasteiger partial charge in [0, 0.05) is 6.61 Å². The summed E-state index contributed by atoms with van der Waals surface area (Å²) in [6.07, 6.45) is 1.70. The lowest BCUT2D eigenvalue weighted by molar-refractivity contribution is -0.0604. The maximum Gasteiger partial charge on any atom is 0.0739 e. The standard InChI is InChI=1S/C12H26N2O2/c1-4-14(8-5-7-13(2)3)11-10-16-9-6-12(11)15/h11-12,15H,4-10H2,1-3H3. The second kappa shape index (κ2) is 7.22. The fraction of sp³-hybridized carbons (Fsp3) is 1.00. The Morgan fingerprint density at radius 2 is 2.06 bits per heavy atom. The van der Waals surface area contributed by atoms with E-state index in [9.17, 15) is 5.11 Å². The number of hydrogen-bond acceptors (Lipinski definition) is 4. The Balaban J connectivity index is 2.33. The summed E-state index contributed by atoms with van der Waals surface area (Å²) in [6, 6.07) is 0.195. The van der Waals surface area contributed by atoms with Crippen molar-refractivity contribution in [3.05, 3.63) is 0 Å². The zero-order valence-electron chi connectivity index (χ0n) is 10.9. The average Bonchev–Trinajstić information content (AvgIpc) is 2.25. The largest absolute Gasteiger partial charge is 0.391 e. The second-order valence-corrected chi connectivity index (χ2v) is 4.78. The molecule has 0 spiro atoms. The summed E-state index contributed by atoms with van der Waals surface area (Å²) in [6.45, 7) is 6.65. The van der Waals surface area contributed by atoms with Crippen molar-refractivity contribution in [2.24, 2.45) is 0 Å². The molecule has 1 aliphatic heterocycles. The number of hydrogen-bond donors (Lipinski definition) is 1. The van der Waals surface area contributed by atoms with Crippen LogP contribution in [0.15, 0.2) is 0 Å². The van der Waals surface area contributed by atoms with Crippen LogP contribution >= 0.6 is 0 Å². The molecular weight excluding hydrogens is 204 g/mol. The molecule has 0 aromatic rings. The van der Waals surface area contributed by atoms with E-state index in [1.165, 1.54) is 0 Å². The highest BCUT2D eigenvalue weighted by Crippen LogP contribution is 2.14. The highest BCUT2D eigenvalue weighted by molar-refractivity contribution is 4.81. The molecule has 0 aromatic heterocycles. The molecule has 2 unspecified atom stereocenters. The van der Waals surface area contributed by atoms with Crippen LogP contribution in [0.4, 0.5) is 0 Å². The Morgan fingerprint density at radius 1 is 1.31 bits per heavy atom. The summed E-state index contributed by atoms with van der Waals surface area (Å²) in [5.41, 5.74) is 0. The minimum absolute atomic E-state index is 0.195.